The van der Waals surface area contributed by atoms with Gasteiger partial charge < -0.3 is 19.4 Å². The van der Waals surface area contributed by atoms with Gasteiger partial charge in [-0.3, -0.25) is 0 Å². The molecule has 14 heteroatoms. The third-order valence-corrected chi connectivity index (χ3v) is 7.33. The Kier molecular flexibility index (Phi) is 6.82. The molecule has 0 bridgehead atoms. The molecule has 37 heavy (non-hydrogen) atoms. The molecule has 0 aliphatic carbocycles. The van der Waals surface area contributed by atoms with Crippen LogP contribution in [0.1, 0.15) is 38.2 Å². The maximum absolute atomic E-state index is 14.5. The van der Waals surface area contributed by atoms with Crippen LogP contribution in [0, 0.1) is 5.82 Å². The van der Waals surface area contributed by atoms with Gasteiger partial charge in [0.05, 0.1) is 16.8 Å². The summed E-state index contributed by atoms with van der Waals surface area (Å²) in [7, 11) is -3.58. The number of hydrogen-bond acceptors (Lipinski definition) is 8. The maximum atomic E-state index is 14.5. The van der Waals surface area contributed by atoms with Crippen molar-refractivity contribution in [3.8, 4) is 0 Å². The van der Waals surface area contributed by atoms with Gasteiger partial charge in [-0.15, -0.1) is 0 Å². The smallest absolute Gasteiger partial charge is 0.427 e. The van der Waals surface area contributed by atoms with E-state index < -0.39 is 33.5 Å². The number of ether oxygens (including phenoxy) is 1. The van der Waals surface area contributed by atoms with Crippen molar-refractivity contribution in [2.75, 3.05) is 24.7 Å². The lowest BCUT2D eigenvalue weighted by molar-refractivity contribution is -0.246. The molecule has 0 radical (unpaired) electrons. The van der Waals surface area contributed by atoms with Gasteiger partial charge in [0, 0.05) is 24.9 Å². The van der Waals surface area contributed by atoms with Crippen molar-refractivity contribution < 1.29 is 39.9 Å². The number of carbonyl (C=O) groups is 1. The lowest BCUT2D eigenvalue weighted by Gasteiger charge is -2.34. The average molecular weight is 545 g/mol. The second kappa shape index (κ2) is 9.47. The highest BCUT2D eigenvalue weighted by Crippen LogP contribution is 2.37. The number of sulfone groups is 1. The molecule has 3 heterocycles. The Morgan fingerprint density at radius 3 is 2.46 bits per heavy atom. The van der Waals surface area contributed by atoms with Gasteiger partial charge in [0.15, 0.2) is 21.2 Å². The largest absolute Gasteiger partial charge is 0.458 e. The zero-order valence-electron chi connectivity index (χ0n) is 20.1. The highest BCUT2D eigenvalue weighted by Gasteiger charge is 2.51. The number of piperidine rings is 1. The van der Waals surface area contributed by atoms with Crippen molar-refractivity contribution in [1.29, 1.82) is 0 Å². The Morgan fingerprint density at radius 2 is 1.86 bits per heavy atom. The molecule has 200 valence electrons. The summed E-state index contributed by atoms with van der Waals surface area (Å²) in [5.41, 5.74) is -1.19. The van der Waals surface area contributed by atoms with Gasteiger partial charge >= 0.3 is 12.3 Å². The Balaban J connectivity index is 1.48. The van der Waals surface area contributed by atoms with Gasteiger partial charge in [-0.1, -0.05) is 0 Å². The van der Waals surface area contributed by atoms with Gasteiger partial charge in [0.25, 0.3) is 0 Å². The zero-order valence-corrected chi connectivity index (χ0v) is 20.9. The average Bonchev–Trinajstić information content (AvgIpc) is 3.24. The first-order chi connectivity index (χ1) is 17.2. The molecule has 3 aromatic rings. The lowest BCUT2D eigenvalue weighted by atomic mass is 9.90. The minimum Gasteiger partial charge on any atom is -0.458 e. The van der Waals surface area contributed by atoms with Crippen molar-refractivity contribution >= 4 is 38.5 Å². The van der Waals surface area contributed by atoms with Crippen LogP contribution in [0.2, 0.25) is 0 Å². The van der Waals surface area contributed by atoms with Crippen LogP contribution in [-0.4, -0.2) is 60.5 Å². The highest BCUT2D eigenvalue weighted by molar-refractivity contribution is 7.90. The van der Waals surface area contributed by atoms with Crippen LogP contribution in [0.15, 0.2) is 40.1 Å². The molecule has 1 aliphatic heterocycles. The number of anilines is 2. The van der Waals surface area contributed by atoms with E-state index in [1.165, 1.54) is 29.6 Å². The molecule has 4 rings (SSSR count). The topological polar surface area (TPSA) is 115 Å². The van der Waals surface area contributed by atoms with Crippen LogP contribution in [0.4, 0.5) is 33.9 Å². The van der Waals surface area contributed by atoms with Crippen LogP contribution < -0.4 is 5.32 Å². The fourth-order valence-electron chi connectivity index (χ4n) is 3.92. The molecule has 1 amide bonds. The minimum absolute atomic E-state index is 0.0149. The van der Waals surface area contributed by atoms with E-state index in [1.54, 1.807) is 0 Å². The zero-order chi connectivity index (χ0) is 27.2. The number of rotatable bonds is 5. The van der Waals surface area contributed by atoms with Crippen molar-refractivity contribution in [2.24, 2.45) is 0 Å². The van der Waals surface area contributed by atoms with E-state index in [-0.39, 0.29) is 41.0 Å². The molecule has 9 nitrogen and oxygen atoms in total. The second-order valence-corrected chi connectivity index (χ2v) is 11.3. The first-order valence-electron chi connectivity index (χ1n) is 11.2. The lowest BCUT2D eigenvalue weighted by Crippen LogP contribution is -2.48. The third-order valence-electron chi connectivity index (χ3n) is 6.22. The predicted molar refractivity (Wildman–Crippen MR) is 125 cm³/mol. The monoisotopic (exact) mass is 544 g/mol. The fraction of sp³-hybridized carbons (Fsp3) is 0.435. The summed E-state index contributed by atoms with van der Waals surface area (Å²) in [4.78, 5) is 21.7. The van der Waals surface area contributed by atoms with Gasteiger partial charge in [0.2, 0.25) is 5.60 Å². The van der Waals surface area contributed by atoms with Crippen LogP contribution in [0.5, 0.6) is 0 Å². The highest BCUT2D eigenvalue weighted by atomic mass is 32.2. The summed E-state index contributed by atoms with van der Waals surface area (Å²) < 4.78 is 87.3. The molecular weight excluding hydrogens is 520 g/mol. The predicted octanol–water partition coefficient (Wildman–Crippen LogP) is 5.17. The number of carbonyl (C=O) groups excluding carboxylic acids is 1. The summed E-state index contributed by atoms with van der Waals surface area (Å²) in [6.07, 6.45) is -1.13. The number of furan rings is 1. The van der Waals surface area contributed by atoms with E-state index in [4.69, 9.17) is 9.15 Å². The van der Waals surface area contributed by atoms with Crippen LogP contribution >= 0.6 is 0 Å². The van der Waals surface area contributed by atoms with E-state index in [1.807, 2.05) is 0 Å². The molecular formula is C23H24F4N4O5S. The molecule has 1 fully saturated rings. The van der Waals surface area contributed by atoms with Crippen LogP contribution in [0.25, 0.3) is 11.1 Å². The van der Waals surface area contributed by atoms with E-state index in [0.29, 0.717) is 18.4 Å². The number of aromatic nitrogens is 2. The number of nitrogens with one attached hydrogen (secondary N) is 1. The number of hydrogen-bond donors (Lipinski definition) is 1. The Labute approximate surface area is 209 Å². The standard InChI is InChI=1S/C23H24F4N4O5S/c1-22(2,23(25,26)27)36-21(32)31-8-6-13(7-9-31)15-11-35-19-18(15)28-12-29-20(19)30-17-5-4-14(10-16(17)24)37(3,33)34/h4-5,10-13H,6-9H2,1-3H3,(H,28,29,30). The summed E-state index contributed by atoms with van der Waals surface area (Å²) in [6.45, 7) is 1.95. The SMILES string of the molecule is CC(C)(OC(=O)N1CCC(c2coc3c(Nc4ccc(S(C)(=O)=O)cc4F)ncnc23)CC1)C(F)(F)F. The molecule has 0 saturated carbocycles. The summed E-state index contributed by atoms with van der Waals surface area (Å²) in [6, 6.07) is 3.44. The Hall–Kier alpha value is -3.42. The number of alkyl halides is 3. The van der Waals surface area contributed by atoms with Gasteiger partial charge in [0.1, 0.15) is 17.7 Å². The number of likely N-dealkylation sites (tertiary alicyclic amines) is 1. The normalized spacial score (nSPS) is 15.7. The van der Waals surface area contributed by atoms with Crippen LogP contribution in [-0.2, 0) is 14.6 Å². The second-order valence-electron chi connectivity index (χ2n) is 9.27. The molecule has 1 saturated heterocycles. The van der Waals surface area contributed by atoms with Crippen molar-refractivity contribution in [3.05, 3.63) is 42.2 Å². The van der Waals surface area contributed by atoms with Gasteiger partial charge in [-0.2, -0.15) is 13.2 Å². The van der Waals surface area contributed by atoms with Crippen LogP contribution in [0.3, 0.4) is 0 Å². The summed E-state index contributed by atoms with van der Waals surface area (Å²) in [5, 5.41) is 2.79. The molecule has 2 aromatic heterocycles. The number of benzene rings is 1. The van der Waals surface area contributed by atoms with Crippen molar-refractivity contribution in [1.82, 2.24) is 14.9 Å². The number of halogens is 4. The molecule has 0 spiro atoms. The summed E-state index contributed by atoms with van der Waals surface area (Å²) in [5.74, 6) is -0.735. The molecule has 1 aliphatic rings. The number of nitrogens with zero attached hydrogens (tertiary/aromatic N) is 3. The molecule has 0 atom stereocenters. The Morgan fingerprint density at radius 1 is 1.19 bits per heavy atom. The third kappa shape index (κ3) is 5.48. The quantitative estimate of drug-likeness (QED) is 0.438. The van der Waals surface area contributed by atoms with E-state index in [0.717, 1.165) is 31.7 Å². The van der Waals surface area contributed by atoms with E-state index >= 15 is 0 Å². The summed E-state index contributed by atoms with van der Waals surface area (Å²) >= 11 is 0. The number of amides is 1. The molecule has 1 aromatic carbocycles. The van der Waals surface area contributed by atoms with Crippen molar-refractivity contribution in [2.45, 2.75) is 49.3 Å². The first-order valence-corrected chi connectivity index (χ1v) is 13.1. The van der Waals surface area contributed by atoms with Gasteiger partial charge in [-0.25, -0.2) is 27.6 Å². The first kappa shape index (κ1) is 26.6. The van der Waals surface area contributed by atoms with E-state index in [9.17, 15) is 30.8 Å². The molecule has 1 N–H and O–H groups in total. The minimum atomic E-state index is -4.69. The van der Waals surface area contributed by atoms with Gasteiger partial charge in [-0.05, 0) is 50.8 Å². The number of fused-ring (bicyclic) bond motifs is 1. The fourth-order valence-corrected chi connectivity index (χ4v) is 4.55. The molecule has 0 unspecified atom stereocenters. The van der Waals surface area contributed by atoms with E-state index in [2.05, 4.69) is 15.3 Å². The maximum Gasteiger partial charge on any atom is 0.427 e. The Bertz CT molecular complexity index is 1430. The van der Waals surface area contributed by atoms with Crippen molar-refractivity contribution in [3.63, 3.8) is 0 Å².